The van der Waals surface area contributed by atoms with E-state index < -0.39 is 5.92 Å². The Morgan fingerprint density at radius 1 is 0.878 bits per heavy atom. The van der Waals surface area contributed by atoms with Gasteiger partial charge in [-0.25, -0.2) is 0 Å². The number of hydrogen-bond donors (Lipinski definition) is 1. The lowest BCUT2D eigenvalue weighted by molar-refractivity contribution is -0.120. The third-order valence-corrected chi connectivity index (χ3v) is 8.13. The van der Waals surface area contributed by atoms with Crippen LogP contribution < -0.4 is 14.8 Å². The Morgan fingerprint density at radius 2 is 1.49 bits per heavy atom. The second-order valence-electron chi connectivity index (χ2n) is 13.2. The topological polar surface area (TPSA) is 90.9 Å². The number of hydrogen-bond acceptors (Lipinski definition) is 6. The normalized spacial score (nSPS) is 19.8. The van der Waals surface area contributed by atoms with Crippen molar-refractivity contribution in [1.82, 2.24) is 0 Å². The quantitative estimate of drug-likeness (QED) is 0.424. The van der Waals surface area contributed by atoms with Crippen LogP contribution in [0.1, 0.15) is 76.0 Å². The average molecular weight is 558 g/mol. The lowest BCUT2D eigenvalue weighted by Crippen LogP contribution is -2.37. The number of carbonyl (C=O) groups excluding carboxylic acids is 3. The minimum atomic E-state index is -0.531. The van der Waals surface area contributed by atoms with Gasteiger partial charge in [-0.1, -0.05) is 45.9 Å². The zero-order valence-corrected chi connectivity index (χ0v) is 25.0. The van der Waals surface area contributed by atoms with Gasteiger partial charge in [0.2, 0.25) is 0 Å². The molecule has 0 radical (unpaired) electrons. The first kappa shape index (κ1) is 28.7. The van der Waals surface area contributed by atoms with Crippen LogP contribution in [0.5, 0.6) is 11.5 Å². The van der Waals surface area contributed by atoms with E-state index in [-0.39, 0.29) is 34.9 Å². The predicted molar refractivity (Wildman–Crippen MR) is 157 cm³/mol. The number of methoxy groups -OCH3 is 1. The molecule has 1 amide bonds. The summed E-state index contributed by atoms with van der Waals surface area (Å²) in [5, 5.41) is 2.90. The molecule has 3 aliphatic rings. The fourth-order valence-electron chi connectivity index (χ4n) is 6.19. The molecule has 1 heterocycles. The molecular weight excluding hydrogens is 518 g/mol. The summed E-state index contributed by atoms with van der Waals surface area (Å²) in [6, 6.07) is 11.3. The number of benzene rings is 2. The van der Waals surface area contributed by atoms with Crippen LogP contribution in [0.3, 0.4) is 0 Å². The Kier molecular flexibility index (Phi) is 7.35. The third kappa shape index (κ3) is 5.81. The van der Waals surface area contributed by atoms with E-state index in [1.807, 2.05) is 44.2 Å². The van der Waals surface area contributed by atoms with Crippen molar-refractivity contribution in [2.45, 2.75) is 73.1 Å². The van der Waals surface area contributed by atoms with Crippen molar-refractivity contribution < 1.29 is 28.6 Å². The average Bonchev–Trinajstić information content (AvgIpc) is 2.86. The molecular formula is C34H39NO6. The summed E-state index contributed by atoms with van der Waals surface area (Å²) in [6.45, 7) is 12.0. The first-order chi connectivity index (χ1) is 19.3. The number of anilines is 1. The van der Waals surface area contributed by atoms with E-state index in [0.29, 0.717) is 59.8 Å². The first-order valence-electron chi connectivity index (χ1n) is 14.1. The Bertz CT molecular complexity index is 1460. The largest absolute Gasteiger partial charge is 0.493 e. The summed E-state index contributed by atoms with van der Waals surface area (Å²) in [5.74, 6) is 1.35. The molecule has 0 saturated carbocycles. The Morgan fingerprint density at radius 3 is 2.07 bits per heavy atom. The van der Waals surface area contributed by atoms with Crippen LogP contribution in [0.15, 0.2) is 59.1 Å². The summed E-state index contributed by atoms with van der Waals surface area (Å²) < 4.78 is 17.9. The maximum atomic E-state index is 13.6. The minimum absolute atomic E-state index is 0.00726. The van der Waals surface area contributed by atoms with Gasteiger partial charge in [0.1, 0.15) is 11.5 Å². The van der Waals surface area contributed by atoms with E-state index in [2.05, 4.69) is 33.0 Å². The predicted octanol–water partition coefficient (Wildman–Crippen LogP) is 6.73. The molecule has 41 heavy (non-hydrogen) atoms. The molecule has 2 aliphatic carbocycles. The minimum Gasteiger partial charge on any atom is -0.493 e. The van der Waals surface area contributed by atoms with Gasteiger partial charge in [0.15, 0.2) is 29.7 Å². The van der Waals surface area contributed by atoms with Gasteiger partial charge in [-0.2, -0.15) is 0 Å². The molecule has 0 unspecified atom stereocenters. The third-order valence-electron chi connectivity index (χ3n) is 8.13. The number of Topliss-reactive ketones (excluding diaryl/α,β-unsaturated/α-hetero) is 2. The van der Waals surface area contributed by atoms with Gasteiger partial charge in [-0.15, -0.1) is 0 Å². The van der Waals surface area contributed by atoms with E-state index >= 15 is 0 Å². The zero-order valence-electron chi connectivity index (χ0n) is 25.0. The van der Waals surface area contributed by atoms with Crippen LogP contribution in [0, 0.1) is 24.7 Å². The molecule has 0 bridgehead atoms. The molecule has 7 nitrogen and oxygen atoms in total. The summed E-state index contributed by atoms with van der Waals surface area (Å²) >= 11 is 0. The number of ketones is 2. The van der Waals surface area contributed by atoms with Crippen LogP contribution in [-0.2, 0) is 19.1 Å². The fraction of sp³-hybridized carbons (Fsp3) is 0.441. The number of aryl methyl sites for hydroxylation is 2. The van der Waals surface area contributed by atoms with E-state index in [1.54, 1.807) is 6.07 Å². The van der Waals surface area contributed by atoms with Crippen molar-refractivity contribution in [1.29, 1.82) is 0 Å². The monoisotopic (exact) mass is 557 g/mol. The van der Waals surface area contributed by atoms with Gasteiger partial charge >= 0.3 is 0 Å². The Balaban J connectivity index is 1.46. The number of amides is 1. The van der Waals surface area contributed by atoms with Crippen molar-refractivity contribution in [3.8, 4) is 11.5 Å². The van der Waals surface area contributed by atoms with Crippen LogP contribution in [0.25, 0.3) is 0 Å². The fourth-order valence-corrected chi connectivity index (χ4v) is 6.19. The summed E-state index contributed by atoms with van der Waals surface area (Å²) in [4.78, 5) is 39.8. The molecule has 2 aromatic rings. The molecule has 1 N–H and O–H groups in total. The lowest BCUT2D eigenvalue weighted by atomic mass is 9.65. The van der Waals surface area contributed by atoms with E-state index in [1.165, 1.54) is 7.11 Å². The molecule has 5 rings (SSSR count). The maximum absolute atomic E-state index is 13.6. The van der Waals surface area contributed by atoms with Crippen molar-refractivity contribution in [3.05, 3.63) is 75.8 Å². The van der Waals surface area contributed by atoms with Gasteiger partial charge < -0.3 is 19.5 Å². The lowest BCUT2D eigenvalue weighted by Gasteiger charge is -2.42. The van der Waals surface area contributed by atoms with Gasteiger partial charge in [-0.05, 0) is 59.6 Å². The summed E-state index contributed by atoms with van der Waals surface area (Å²) in [6.07, 6.45) is 2.04. The molecule has 0 atom stereocenters. The summed E-state index contributed by atoms with van der Waals surface area (Å²) in [5.41, 5.74) is 4.21. The zero-order chi connectivity index (χ0) is 29.7. The highest BCUT2D eigenvalue weighted by atomic mass is 16.5. The van der Waals surface area contributed by atoms with Crippen molar-refractivity contribution in [2.75, 3.05) is 19.0 Å². The highest BCUT2D eigenvalue weighted by molar-refractivity contribution is 6.06. The van der Waals surface area contributed by atoms with Gasteiger partial charge in [0.25, 0.3) is 5.91 Å². The van der Waals surface area contributed by atoms with Crippen molar-refractivity contribution >= 4 is 23.2 Å². The van der Waals surface area contributed by atoms with Crippen LogP contribution in [0.2, 0.25) is 0 Å². The van der Waals surface area contributed by atoms with E-state index in [9.17, 15) is 14.4 Å². The van der Waals surface area contributed by atoms with Crippen LogP contribution in [0.4, 0.5) is 5.69 Å². The Hall–Kier alpha value is -3.87. The molecule has 2 aromatic carbocycles. The van der Waals surface area contributed by atoms with E-state index in [4.69, 9.17) is 14.2 Å². The van der Waals surface area contributed by atoms with Gasteiger partial charge in [0.05, 0.1) is 7.11 Å². The number of ether oxygens (including phenoxy) is 3. The number of nitrogens with one attached hydrogen (secondary N) is 1. The highest BCUT2D eigenvalue weighted by Crippen LogP contribution is 2.53. The van der Waals surface area contributed by atoms with Crippen LogP contribution in [-0.4, -0.2) is 31.2 Å². The molecule has 216 valence electrons. The molecule has 0 spiro atoms. The number of carbonyl (C=O) groups is 3. The van der Waals surface area contributed by atoms with E-state index in [0.717, 1.165) is 22.4 Å². The SMILES string of the molecule is COc1cc(C2C3=C(CC(C)(C)CC3=O)OC3=C2C(=O)CC(C)(C)C3)ccc1OCC(=O)Nc1cc(C)ccc1C. The molecule has 0 fully saturated rings. The first-order valence-corrected chi connectivity index (χ1v) is 14.1. The molecule has 7 heteroatoms. The molecule has 0 saturated heterocycles. The maximum Gasteiger partial charge on any atom is 0.262 e. The molecule has 0 aromatic heterocycles. The van der Waals surface area contributed by atoms with Gasteiger partial charge in [0, 0.05) is 48.4 Å². The smallest absolute Gasteiger partial charge is 0.262 e. The second-order valence-corrected chi connectivity index (χ2v) is 13.2. The van der Waals surface area contributed by atoms with Crippen molar-refractivity contribution in [3.63, 3.8) is 0 Å². The van der Waals surface area contributed by atoms with Gasteiger partial charge in [-0.3, -0.25) is 14.4 Å². The number of allylic oxidation sites excluding steroid dienone is 4. The standard InChI is InChI=1S/C34H39NO6/c1-19-8-9-20(2)22(12-19)35-29(38)18-40-25-11-10-21(13-26(25)39-7)30-31-23(36)14-33(3,4)16-27(31)41-28-17-34(5,6)15-24(37)32(28)30/h8-13,30H,14-18H2,1-7H3,(H,35,38). The second kappa shape index (κ2) is 10.5. The summed E-state index contributed by atoms with van der Waals surface area (Å²) in [7, 11) is 1.53. The molecule has 1 aliphatic heterocycles. The van der Waals surface area contributed by atoms with Crippen LogP contribution >= 0.6 is 0 Å². The number of rotatable bonds is 6. The highest BCUT2D eigenvalue weighted by Gasteiger charge is 2.48. The van der Waals surface area contributed by atoms with Crippen molar-refractivity contribution in [2.24, 2.45) is 10.8 Å². The Labute approximate surface area is 241 Å².